The lowest BCUT2D eigenvalue weighted by atomic mass is 9.77. The van der Waals surface area contributed by atoms with Crippen molar-refractivity contribution in [3.05, 3.63) is 155 Å². The highest BCUT2D eigenvalue weighted by Gasteiger charge is 2.41. The fourth-order valence-electron chi connectivity index (χ4n) is 7.26. The second-order valence-corrected chi connectivity index (χ2v) is 14.8. The summed E-state index contributed by atoms with van der Waals surface area (Å²) < 4.78 is 7.64. The van der Waals surface area contributed by atoms with Crippen molar-refractivity contribution in [1.82, 2.24) is 14.7 Å². The van der Waals surface area contributed by atoms with Gasteiger partial charge in [-0.05, 0) is 86.2 Å². The Balaban J connectivity index is 1.42. The Labute approximate surface area is 314 Å². The molecule has 1 aliphatic heterocycles. The summed E-state index contributed by atoms with van der Waals surface area (Å²) in [6.45, 7) is 6.26. The average Bonchev–Trinajstić information content (AvgIpc) is 3.53. The van der Waals surface area contributed by atoms with Crippen LogP contribution in [0.5, 0.6) is 0 Å². The zero-order chi connectivity index (χ0) is 37.2. The molecule has 1 N–H and O–H groups in total. The van der Waals surface area contributed by atoms with Crippen molar-refractivity contribution in [3.8, 4) is 17.2 Å². The first-order valence-electron chi connectivity index (χ1n) is 17.8. The summed E-state index contributed by atoms with van der Waals surface area (Å²) in [5.41, 5.74) is 4.06. The molecule has 6 aromatic rings. The van der Waals surface area contributed by atoms with Crippen LogP contribution in [0.3, 0.4) is 0 Å². The summed E-state index contributed by atoms with van der Waals surface area (Å²) in [7, 11) is 0. The van der Waals surface area contributed by atoms with E-state index in [2.05, 4.69) is 47.8 Å². The van der Waals surface area contributed by atoms with Crippen LogP contribution in [0.2, 0.25) is 5.02 Å². The predicted octanol–water partition coefficient (Wildman–Crippen LogP) is 9.65. The van der Waals surface area contributed by atoms with Crippen LogP contribution in [0.25, 0.3) is 22.0 Å². The number of halogens is 1. The van der Waals surface area contributed by atoms with Crippen LogP contribution in [0, 0.1) is 17.2 Å². The quantitative estimate of drug-likeness (QED) is 0.166. The van der Waals surface area contributed by atoms with E-state index in [0.717, 1.165) is 27.8 Å². The number of carbonyl (C=O) groups excluding carboxylic acids is 2. The zero-order valence-electron chi connectivity index (χ0n) is 29.9. The molecule has 0 radical (unpaired) electrons. The zero-order valence-corrected chi connectivity index (χ0v) is 30.7. The largest absolute Gasteiger partial charge is 0.444 e. The first-order chi connectivity index (χ1) is 25.6. The van der Waals surface area contributed by atoms with Crippen LogP contribution in [0.4, 0.5) is 10.6 Å². The van der Waals surface area contributed by atoms with Crippen molar-refractivity contribution in [2.75, 3.05) is 18.4 Å². The van der Waals surface area contributed by atoms with E-state index in [1.807, 2.05) is 98.2 Å². The number of hydrogen-bond acceptors (Lipinski definition) is 5. The smallest absolute Gasteiger partial charge is 0.410 e. The maximum atomic E-state index is 14.2. The van der Waals surface area contributed by atoms with Crippen LogP contribution in [-0.2, 0) is 15.1 Å². The molecule has 0 saturated carbocycles. The van der Waals surface area contributed by atoms with Gasteiger partial charge in [0.25, 0.3) is 0 Å². The lowest BCUT2D eigenvalue weighted by Gasteiger charge is -2.37. The maximum Gasteiger partial charge on any atom is 0.410 e. The summed E-state index contributed by atoms with van der Waals surface area (Å²) in [5, 5.41) is 19.4. The van der Waals surface area contributed by atoms with Crippen molar-refractivity contribution in [3.63, 3.8) is 0 Å². The number of ether oxygens (including phenoxy) is 1. The molecular formula is C44H40ClN5O3. The van der Waals surface area contributed by atoms with E-state index in [9.17, 15) is 14.9 Å². The van der Waals surface area contributed by atoms with Gasteiger partial charge in [-0.25, -0.2) is 9.48 Å². The Kier molecular flexibility index (Phi) is 9.78. The number of anilines is 1. The highest BCUT2D eigenvalue weighted by atomic mass is 35.5. The number of fused-ring (bicyclic) bond motifs is 1. The Morgan fingerprint density at radius 2 is 1.45 bits per heavy atom. The SMILES string of the molecule is CC(C)(C)OC(=O)N1CCCC(C(=O)Nc2nn(C(c3ccccc3)(c3ccccc3)c3ccccc3)c3ccc(-c4cc(C#N)ccc4Cl)cc23)C1. The van der Waals surface area contributed by atoms with E-state index < -0.39 is 23.2 Å². The highest BCUT2D eigenvalue weighted by Crippen LogP contribution is 2.44. The molecule has 1 unspecified atom stereocenters. The molecular weight excluding hydrogens is 682 g/mol. The molecule has 1 atom stereocenters. The molecule has 1 fully saturated rings. The van der Waals surface area contributed by atoms with Crippen LogP contribution >= 0.6 is 11.6 Å². The number of carbonyl (C=O) groups is 2. The molecule has 266 valence electrons. The fourth-order valence-corrected chi connectivity index (χ4v) is 7.48. The first kappa shape index (κ1) is 35.5. The summed E-state index contributed by atoms with van der Waals surface area (Å²) in [4.78, 5) is 28.8. The number of hydrogen-bond donors (Lipinski definition) is 1. The van der Waals surface area contributed by atoms with E-state index >= 15 is 0 Å². The molecule has 8 nitrogen and oxygen atoms in total. The molecule has 1 saturated heterocycles. The molecule has 5 aromatic carbocycles. The summed E-state index contributed by atoms with van der Waals surface area (Å²) in [6.07, 6.45) is 0.862. The van der Waals surface area contributed by atoms with Gasteiger partial charge in [0.2, 0.25) is 5.91 Å². The van der Waals surface area contributed by atoms with Gasteiger partial charge < -0.3 is 15.0 Å². The molecule has 9 heteroatoms. The molecule has 0 bridgehead atoms. The molecule has 0 aliphatic carbocycles. The standard InChI is InChI=1S/C44H40ClN5O3/c1-43(2,3)53-42(52)49-25-13-14-32(29-49)41(51)47-40-37-27-31(36-26-30(28-46)21-23-38(36)45)22-24-39(37)50(48-40)44(33-15-7-4-8-16-33,34-17-9-5-10-18-34)35-19-11-6-12-20-35/h4-12,15-24,26-27,32H,13-14,25,29H2,1-3H3,(H,47,48,51). The lowest BCUT2D eigenvalue weighted by molar-refractivity contribution is -0.121. The second-order valence-electron chi connectivity index (χ2n) is 14.4. The first-order valence-corrected chi connectivity index (χ1v) is 18.1. The van der Waals surface area contributed by atoms with Crippen LogP contribution in [0.1, 0.15) is 55.9 Å². The number of nitrogens with one attached hydrogen (secondary N) is 1. The summed E-state index contributed by atoms with van der Waals surface area (Å²) in [5.74, 6) is -0.325. The minimum Gasteiger partial charge on any atom is -0.444 e. The molecule has 2 amide bonds. The van der Waals surface area contributed by atoms with Gasteiger partial charge in [-0.15, -0.1) is 0 Å². The molecule has 1 aliphatic rings. The van der Waals surface area contributed by atoms with Gasteiger partial charge in [0.1, 0.15) is 11.1 Å². The number of nitriles is 1. The van der Waals surface area contributed by atoms with Crippen molar-refractivity contribution in [2.24, 2.45) is 5.92 Å². The van der Waals surface area contributed by atoms with Crippen LogP contribution in [0.15, 0.2) is 127 Å². The van der Waals surface area contributed by atoms with Crippen molar-refractivity contribution >= 4 is 40.3 Å². The van der Waals surface area contributed by atoms with Crippen LogP contribution < -0.4 is 5.32 Å². The van der Waals surface area contributed by atoms with Gasteiger partial charge in [0, 0.05) is 29.1 Å². The fraction of sp³-hybridized carbons (Fsp3) is 0.227. The molecule has 53 heavy (non-hydrogen) atoms. The second kappa shape index (κ2) is 14.6. The third-order valence-electron chi connectivity index (χ3n) is 9.66. The number of rotatable bonds is 7. The van der Waals surface area contributed by atoms with Crippen molar-refractivity contribution < 1.29 is 14.3 Å². The van der Waals surface area contributed by atoms with E-state index in [0.29, 0.717) is 46.7 Å². The van der Waals surface area contributed by atoms with Gasteiger partial charge >= 0.3 is 6.09 Å². The molecule has 7 rings (SSSR count). The third kappa shape index (κ3) is 7.01. The normalized spacial score (nSPS) is 14.8. The Morgan fingerprint density at radius 1 is 0.849 bits per heavy atom. The Bertz CT molecular complexity index is 2210. The lowest BCUT2D eigenvalue weighted by Crippen LogP contribution is -2.45. The van der Waals surface area contributed by atoms with E-state index in [-0.39, 0.29) is 12.5 Å². The molecule has 1 aromatic heterocycles. The molecule has 0 spiro atoms. The van der Waals surface area contributed by atoms with E-state index in [4.69, 9.17) is 21.4 Å². The third-order valence-corrected chi connectivity index (χ3v) is 9.99. The van der Waals surface area contributed by atoms with E-state index in [1.54, 1.807) is 23.1 Å². The number of amides is 2. The minimum atomic E-state index is -0.955. The maximum absolute atomic E-state index is 14.2. The summed E-state index contributed by atoms with van der Waals surface area (Å²) >= 11 is 6.72. The topological polar surface area (TPSA) is 100 Å². The average molecular weight is 722 g/mol. The Hall–Kier alpha value is -5.91. The van der Waals surface area contributed by atoms with Gasteiger partial charge in [-0.3, -0.25) is 4.79 Å². The molecule has 2 heterocycles. The van der Waals surface area contributed by atoms with E-state index in [1.165, 1.54) is 0 Å². The van der Waals surface area contributed by atoms with Crippen molar-refractivity contribution in [1.29, 1.82) is 5.26 Å². The Morgan fingerprint density at radius 3 is 2.02 bits per heavy atom. The van der Waals surface area contributed by atoms with Crippen molar-refractivity contribution in [2.45, 2.75) is 44.8 Å². The number of piperidine rings is 1. The van der Waals surface area contributed by atoms with Gasteiger partial charge in [-0.2, -0.15) is 10.4 Å². The van der Waals surface area contributed by atoms with Gasteiger partial charge in [0.05, 0.1) is 23.1 Å². The predicted molar refractivity (Wildman–Crippen MR) is 209 cm³/mol. The van der Waals surface area contributed by atoms with Gasteiger partial charge in [0.15, 0.2) is 5.82 Å². The highest BCUT2D eigenvalue weighted by molar-refractivity contribution is 6.33. The number of benzene rings is 5. The minimum absolute atomic E-state index is 0.232. The summed E-state index contributed by atoms with van der Waals surface area (Å²) in [6, 6.07) is 44.0. The number of nitrogens with zero attached hydrogens (tertiary/aromatic N) is 4. The van der Waals surface area contributed by atoms with Crippen LogP contribution in [-0.4, -0.2) is 45.4 Å². The van der Waals surface area contributed by atoms with Gasteiger partial charge in [-0.1, -0.05) is 109 Å². The number of aromatic nitrogens is 2. The monoisotopic (exact) mass is 721 g/mol. The number of likely N-dealkylation sites (tertiary alicyclic amines) is 1.